The molecule has 0 spiro atoms. The minimum atomic E-state index is -0.0941. The number of thioether (sulfide) groups is 1. The Morgan fingerprint density at radius 3 is 2.57 bits per heavy atom. The van der Waals surface area contributed by atoms with E-state index in [1.165, 1.54) is 0 Å². The van der Waals surface area contributed by atoms with E-state index in [9.17, 15) is 4.79 Å². The molecule has 6 rings (SSSR count). The van der Waals surface area contributed by atoms with Crippen LogP contribution in [0.2, 0.25) is 0 Å². The van der Waals surface area contributed by atoms with Gasteiger partial charge in [0.25, 0.3) is 5.56 Å². The number of aromatic nitrogens is 5. The molecule has 6 nitrogen and oxygen atoms in total. The molecular formula is C28H23N5OS. The van der Waals surface area contributed by atoms with Crippen molar-refractivity contribution < 1.29 is 0 Å². The summed E-state index contributed by atoms with van der Waals surface area (Å²) in [4.78, 5) is 18.3. The quantitative estimate of drug-likeness (QED) is 0.285. The van der Waals surface area contributed by atoms with Crippen molar-refractivity contribution in [3.8, 4) is 5.69 Å². The fourth-order valence-corrected chi connectivity index (χ4v) is 5.52. The van der Waals surface area contributed by atoms with Crippen LogP contribution in [0.15, 0.2) is 95.0 Å². The van der Waals surface area contributed by atoms with Crippen molar-refractivity contribution in [1.82, 2.24) is 24.1 Å². The largest absolute Gasteiger partial charge is 0.268 e. The highest BCUT2D eigenvalue weighted by Gasteiger charge is 2.20. The van der Waals surface area contributed by atoms with Gasteiger partial charge < -0.3 is 0 Å². The first-order valence-corrected chi connectivity index (χ1v) is 12.6. The normalized spacial score (nSPS) is 11.7. The summed E-state index contributed by atoms with van der Waals surface area (Å²) < 4.78 is 3.70. The summed E-state index contributed by atoms with van der Waals surface area (Å²) in [5, 5.41) is 11.5. The van der Waals surface area contributed by atoms with Crippen LogP contribution >= 0.6 is 11.8 Å². The number of rotatable bonds is 5. The molecule has 6 aromatic rings. The second-order valence-corrected chi connectivity index (χ2v) is 9.71. The van der Waals surface area contributed by atoms with Crippen molar-refractivity contribution >= 4 is 39.3 Å². The first kappa shape index (κ1) is 21.6. The molecule has 0 unspecified atom stereocenters. The molecule has 0 aliphatic rings. The fourth-order valence-electron chi connectivity index (χ4n) is 4.59. The van der Waals surface area contributed by atoms with Gasteiger partial charge >= 0.3 is 0 Å². The van der Waals surface area contributed by atoms with Crippen LogP contribution < -0.4 is 5.56 Å². The van der Waals surface area contributed by atoms with Crippen LogP contribution in [0.5, 0.6) is 0 Å². The van der Waals surface area contributed by atoms with Crippen LogP contribution in [0.4, 0.5) is 0 Å². The summed E-state index contributed by atoms with van der Waals surface area (Å²) in [5.41, 5.74) is 4.76. The molecule has 3 aromatic heterocycles. The van der Waals surface area contributed by atoms with Crippen LogP contribution in [-0.4, -0.2) is 24.1 Å². The van der Waals surface area contributed by atoms with E-state index in [-0.39, 0.29) is 11.5 Å². The molecule has 0 saturated carbocycles. The lowest BCUT2D eigenvalue weighted by molar-refractivity contribution is 0.837. The van der Waals surface area contributed by atoms with Gasteiger partial charge in [-0.15, -0.1) is 10.2 Å². The average Bonchev–Trinajstić information content (AvgIpc) is 3.31. The molecule has 0 aliphatic carbocycles. The second-order valence-electron chi connectivity index (χ2n) is 8.77. The SMILES string of the molecule is CC(C)c1ccccc1-n1c(=O)c2ccccc2n2c(SCc3cccc4cccnc34)nnc12. The first-order chi connectivity index (χ1) is 17.1. The Bertz CT molecular complexity index is 1760. The zero-order valence-corrected chi connectivity index (χ0v) is 20.2. The molecule has 172 valence electrons. The van der Waals surface area contributed by atoms with Crippen molar-refractivity contribution in [1.29, 1.82) is 0 Å². The standard InChI is InChI=1S/C28H23N5OS/c1-18(2)21-12-3-5-14-23(21)32-26(34)22-13-4-6-15-24(22)33-27(32)30-31-28(33)35-17-20-10-7-9-19-11-8-16-29-25(19)20/h3-16,18H,17H2,1-2H3. The monoisotopic (exact) mass is 477 g/mol. The molecule has 0 bridgehead atoms. The van der Waals surface area contributed by atoms with Crippen LogP contribution in [-0.2, 0) is 5.75 Å². The zero-order chi connectivity index (χ0) is 23.9. The Hall–Kier alpha value is -3.97. The maximum Gasteiger partial charge on any atom is 0.267 e. The van der Waals surface area contributed by atoms with Crippen molar-refractivity contribution in [3.63, 3.8) is 0 Å². The maximum absolute atomic E-state index is 13.7. The van der Waals surface area contributed by atoms with E-state index in [1.54, 1.807) is 16.3 Å². The Morgan fingerprint density at radius 2 is 1.69 bits per heavy atom. The first-order valence-electron chi connectivity index (χ1n) is 11.6. The maximum atomic E-state index is 13.7. The van der Waals surface area contributed by atoms with Gasteiger partial charge in [-0.25, -0.2) is 4.57 Å². The van der Waals surface area contributed by atoms with Gasteiger partial charge in [0.1, 0.15) is 0 Å². The topological polar surface area (TPSA) is 65.1 Å². The molecule has 35 heavy (non-hydrogen) atoms. The van der Waals surface area contributed by atoms with Crippen molar-refractivity contribution in [2.45, 2.75) is 30.7 Å². The minimum Gasteiger partial charge on any atom is -0.268 e. The molecular weight excluding hydrogens is 454 g/mol. The van der Waals surface area contributed by atoms with Gasteiger partial charge in [0.15, 0.2) is 5.16 Å². The van der Waals surface area contributed by atoms with Gasteiger partial charge in [-0.3, -0.25) is 14.2 Å². The highest BCUT2D eigenvalue weighted by molar-refractivity contribution is 7.98. The third-order valence-corrected chi connectivity index (χ3v) is 7.25. The average molecular weight is 478 g/mol. The number of para-hydroxylation sites is 3. The summed E-state index contributed by atoms with van der Waals surface area (Å²) >= 11 is 1.59. The molecule has 3 heterocycles. The molecule has 0 fully saturated rings. The minimum absolute atomic E-state index is 0.0941. The molecule has 0 aliphatic heterocycles. The summed E-state index contributed by atoms with van der Waals surface area (Å²) in [5.74, 6) is 1.45. The second kappa shape index (κ2) is 8.67. The summed E-state index contributed by atoms with van der Waals surface area (Å²) in [6, 6.07) is 25.9. The number of benzene rings is 3. The van der Waals surface area contributed by atoms with Crippen molar-refractivity contribution in [3.05, 3.63) is 107 Å². The summed E-state index contributed by atoms with van der Waals surface area (Å²) in [7, 11) is 0. The van der Waals surface area contributed by atoms with Crippen LogP contribution in [0.25, 0.3) is 33.3 Å². The number of pyridine rings is 1. The number of fused-ring (bicyclic) bond motifs is 4. The fraction of sp³-hybridized carbons (Fsp3) is 0.143. The lowest BCUT2D eigenvalue weighted by Crippen LogP contribution is -2.23. The lowest BCUT2D eigenvalue weighted by Gasteiger charge is -2.16. The van der Waals surface area contributed by atoms with E-state index in [2.05, 4.69) is 59.4 Å². The van der Waals surface area contributed by atoms with E-state index in [4.69, 9.17) is 0 Å². The van der Waals surface area contributed by atoms with E-state index in [0.29, 0.717) is 16.9 Å². The summed E-state index contributed by atoms with van der Waals surface area (Å²) in [6.07, 6.45) is 1.82. The molecule has 0 saturated heterocycles. The van der Waals surface area contributed by atoms with E-state index in [1.807, 2.05) is 59.1 Å². The van der Waals surface area contributed by atoms with Gasteiger partial charge in [0.2, 0.25) is 5.78 Å². The van der Waals surface area contributed by atoms with Gasteiger partial charge in [0.05, 0.1) is 22.1 Å². The van der Waals surface area contributed by atoms with E-state index in [0.717, 1.165) is 38.4 Å². The third-order valence-electron chi connectivity index (χ3n) is 6.27. The van der Waals surface area contributed by atoms with Crippen LogP contribution in [0.3, 0.4) is 0 Å². The van der Waals surface area contributed by atoms with Gasteiger partial charge in [-0.2, -0.15) is 0 Å². The number of nitrogens with zero attached hydrogens (tertiary/aromatic N) is 5. The molecule has 0 amide bonds. The molecule has 7 heteroatoms. The van der Waals surface area contributed by atoms with Gasteiger partial charge in [-0.05, 0) is 41.3 Å². The Balaban J connectivity index is 1.55. The third kappa shape index (κ3) is 3.59. The molecule has 0 atom stereocenters. The van der Waals surface area contributed by atoms with Crippen molar-refractivity contribution in [2.75, 3.05) is 0 Å². The Morgan fingerprint density at radius 1 is 0.886 bits per heavy atom. The van der Waals surface area contributed by atoms with Gasteiger partial charge in [-0.1, -0.05) is 80.2 Å². The van der Waals surface area contributed by atoms with Crippen LogP contribution in [0, 0.1) is 0 Å². The highest BCUT2D eigenvalue weighted by Crippen LogP contribution is 2.29. The smallest absolute Gasteiger partial charge is 0.267 e. The van der Waals surface area contributed by atoms with Crippen LogP contribution in [0.1, 0.15) is 30.9 Å². The molecule has 0 N–H and O–H groups in total. The van der Waals surface area contributed by atoms with E-state index < -0.39 is 0 Å². The van der Waals surface area contributed by atoms with Crippen molar-refractivity contribution in [2.24, 2.45) is 0 Å². The van der Waals surface area contributed by atoms with E-state index >= 15 is 0 Å². The predicted octanol–water partition coefficient (Wildman–Crippen LogP) is 6.00. The number of hydrogen-bond donors (Lipinski definition) is 0. The van der Waals surface area contributed by atoms with Gasteiger partial charge in [0, 0.05) is 17.3 Å². The Labute approximate surface area is 206 Å². The summed E-state index contributed by atoms with van der Waals surface area (Å²) in [6.45, 7) is 4.26. The number of hydrogen-bond acceptors (Lipinski definition) is 5. The molecule has 0 radical (unpaired) electrons. The molecule has 3 aromatic carbocycles. The zero-order valence-electron chi connectivity index (χ0n) is 19.4. The highest BCUT2D eigenvalue weighted by atomic mass is 32.2. The predicted molar refractivity (Wildman–Crippen MR) is 141 cm³/mol. The lowest BCUT2D eigenvalue weighted by atomic mass is 10.0. The Kier molecular flexibility index (Phi) is 5.34.